The molecule has 0 fully saturated rings. The van der Waals surface area contributed by atoms with Crippen LogP contribution in [0.25, 0.3) is 17.2 Å². The average Bonchev–Trinajstić information content (AvgIpc) is 3.31. The van der Waals surface area contributed by atoms with Crippen LogP contribution in [0, 0.1) is 11.6 Å². The Balaban J connectivity index is 1.73. The van der Waals surface area contributed by atoms with E-state index in [1.54, 1.807) is 6.07 Å². The summed E-state index contributed by atoms with van der Waals surface area (Å²) < 4.78 is 125. The number of aromatic nitrogens is 5. The van der Waals surface area contributed by atoms with E-state index in [-0.39, 0.29) is 29.0 Å². The van der Waals surface area contributed by atoms with Crippen LogP contribution >= 0.6 is 7.82 Å². The quantitative estimate of drug-likeness (QED) is 0.240. The Labute approximate surface area is 217 Å². The molecule has 40 heavy (non-hydrogen) atoms. The molecule has 0 radical (unpaired) electrons. The van der Waals surface area contributed by atoms with Gasteiger partial charge < -0.3 is 28.6 Å². The molecule has 10 nitrogen and oxygen atoms in total. The second-order valence-electron chi connectivity index (χ2n) is 8.10. The number of nitrogens with zero attached hydrogens (tertiary/aromatic N) is 5. The van der Waals surface area contributed by atoms with Crippen LogP contribution in [0.5, 0.6) is 0 Å². The minimum atomic E-state index is -6.88. The van der Waals surface area contributed by atoms with Gasteiger partial charge >= 0.3 is 12.4 Å². The third kappa shape index (κ3) is 5.89. The molecule has 3 heterocycles. The van der Waals surface area contributed by atoms with Crippen LogP contribution in [-0.2, 0) is 15.5 Å². The zero-order valence-corrected chi connectivity index (χ0v) is 20.3. The Morgan fingerprint density at radius 3 is 2.27 bits per heavy atom. The molecule has 0 bridgehead atoms. The van der Waals surface area contributed by atoms with Crippen molar-refractivity contribution in [1.82, 2.24) is 24.3 Å². The van der Waals surface area contributed by atoms with Gasteiger partial charge in [0.25, 0.3) is 5.60 Å². The maximum atomic E-state index is 14.4. The topological polar surface area (TPSA) is 140 Å². The molecule has 0 unspecified atom stereocenters. The fourth-order valence-electron chi connectivity index (χ4n) is 3.56. The zero-order chi connectivity index (χ0) is 29.5. The predicted octanol–water partition coefficient (Wildman–Crippen LogP) is 3.18. The molecule has 0 saturated heterocycles. The number of fused-ring (bicyclic) bond motifs is 1. The number of imidazole rings is 1. The molecule has 0 aliphatic heterocycles. The second kappa shape index (κ2) is 10.3. The number of hydrogen-bond donors (Lipinski definition) is 1. The van der Waals surface area contributed by atoms with Gasteiger partial charge in [-0.3, -0.25) is 0 Å². The van der Waals surface area contributed by atoms with Gasteiger partial charge in [-0.25, -0.2) is 28.7 Å². The number of benzene rings is 1. The van der Waals surface area contributed by atoms with Crippen LogP contribution in [0.3, 0.4) is 0 Å². The van der Waals surface area contributed by atoms with Crippen molar-refractivity contribution in [3.63, 3.8) is 0 Å². The first-order valence-electron chi connectivity index (χ1n) is 10.7. The van der Waals surface area contributed by atoms with E-state index in [1.165, 1.54) is 46.5 Å². The largest absolute Gasteiger partial charge is 0.790 e. The SMILES string of the molecule is O=P([O-])([O-])OC(CNc1nc(-c2cn3ccnc3c(Cc3ccccc3F)n2)ncc1F)(C(F)(F)F)C(F)(F)F. The van der Waals surface area contributed by atoms with Gasteiger partial charge in [-0.2, -0.15) is 26.3 Å². The van der Waals surface area contributed by atoms with Crippen molar-refractivity contribution in [2.24, 2.45) is 0 Å². The van der Waals surface area contributed by atoms with E-state index in [2.05, 4.69) is 24.5 Å². The summed E-state index contributed by atoms with van der Waals surface area (Å²) in [5, 5.41) is 1.41. The van der Waals surface area contributed by atoms with Crippen LogP contribution < -0.4 is 15.1 Å². The van der Waals surface area contributed by atoms with E-state index in [4.69, 9.17) is 0 Å². The van der Waals surface area contributed by atoms with Crippen LogP contribution in [0.15, 0.2) is 49.1 Å². The highest BCUT2D eigenvalue weighted by Crippen LogP contribution is 2.51. The van der Waals surface area contributed by atoms with Crippen LogP contribution in [0.4, 0.5) is 40.9 Å². The molecular formula is C21H13F8N6O4P-2. The summed E-state index contributed by atoms with van der Waals surface area (Å²) in [5.74, 6) is -3.84. The molecule has 0 aliphatic rings. The molecule has 4 aromatic rings. The highest BCUT2D eigenvalue weighted by atomic mass is 31.2. The monoisotopic (exact) mass is 596 g/mol. The minimum Gasteiger partial charge on any atom is -0.790 e. The highest BCUT2D eigenvalue weighted by Gasteiger charge is 2.73. The highest BCUT2D eigenvalue weighted by molar-refractivity contribution is 7.43. The molecule has 1 aromatic carbocycles. The molecule has 0 aliphatic carbocycles. The molecule has 0 saturated carbocycles. The van der Waals surface area contributed by atoms with Crippen molar-refractivity contribution in [1.29, 1.82) is 0 Å². The van der Waals surface area contributed by atoms with Crippen molar-refractivity contribution in [3.8, 4) is 11.5 Å². The molecule has 19 heteroatoms. The van der Waals surface area contributed by atoms with Gasteiger partial charge in [0.1, 0.15) is 11.5 Å². The van der Waals surface area contributed by atoms with E-state index in [0.717, 1.165) is 0 Å². The van der Waals surface area contributed by atoms with Gasteiger partial charge in [-0.05, 0) is 11.6 Å². The summed E-state index contributed by atoms with van der Waals surface area (Å²) in [6.07, 6.45) is -8.63. The Bertz CT molecular complexity index is 1580. The van der Waals surface area contributed by atoms with Gasteiger partial charge in [0.05, 0.1) is 26.3 Å². The summed E-state index contributed by atoms with van der Waals surface area (Å²) in [5.41, 5.74) is -5.10. The van der Waals surface area contributed by atoms with Gasteiger partial charge in [-0.15, -0.1) is 0 Å². The summed E-state index contributed by atoms with van der Waals surface area (Å²) in [7, 11) is -6.88. The first kappa shape index (κ1) is 29.3. The standard InChI is InChI=1S/C21H15F8N6O4P/c22-12-4-2-1-3-11(12)7-14-18-30-5-6-35(18)9-15(33-14)17-31-8-13(23)16(34-17)32-10-19(20(24,25)26,21(27,28)29)39-40(36,37)38/h1-6,8-9H,7,10H2,(H,31,32,34)(H2,36,37,38)/p-2. The van der Waals surface area contributed by atoms with E-state index in [9.17, 15) is 49.5 Å². The summed E-state index contributed by atoms with van der Waals surface area (Å²) >= 11 is 0. The van der Waals surface area contributed by atoms with Crippen LogP contribution in [-0.4, -0.2) is 48.8 Å². The maximum absolute atomic E-state index is 14.4. The lowest BCUT2D eigenvalue weighted by molar-refractivity contribution is -0.402. The third-order valence-electron chi connectivity index (χ3n) is 5.42. The molecule has 4 rings (SSSR count). The first-order valence-corrected chi connectivity index (χ1v) is 12.2. The van der Waals surface area contributed by atoms with Gasteiger partial charge in [0.15, 0.2) is 23.1 Å². The van der Waals surface area contributed by atoms with Crippen molar-refractivity contribution in [2.45, 2.75) is 24.4 Å². The molecule has 0 atom stereocenters. The van der Waals surface area contributed by atoms with E-state index in [0.29, 0.717) is 6.20 Å². The van der Waals surface area contributed by atoms with Crippen LogP contribution in [0.2, 0.25) is 0 Å². The van der Waals surface area contributed by atoms with Crippen molar-refractivity contribution in [3.05, 3.63) is 71.9 Å². The molecule has 1 N–H and O–H groups in total. The molecule has 0 amide bonds. The lowest BCUT2D eigenvalue weighted by atomic mass is 10.0. The smallest absolute Gasteiger partial charge is 0.428 e. The van der Waals surface area contributed by atoms with E-state index < -0.39 is 55.6 Å². The maximum Gasteiger partial charge on any atom is 0.428 e. The second-order valence-corrected chi connectivity index (χ2v) is 9.18. The normalized spacial score (nSPS) is 13.2. The van der Waals surface area contributed by atoms with Crippen molar-refractivity contribution >= 4 is 19.3 Å². The van der Waals surface area contributed by atoms with E-state index >= 15 is 0 Å². The molecule has 214 valence electrons. The summed E-state index contributed by atoms with van der Waals surface area (Å²) in [4.78, 5) is 37.2. The Kier molecular flexibility index (Phi) is 7.57. The lowest BCUT2D eigenvalue weighted by Gasteiger charge is -2.43. The number of halogens is 8. The lowest BCUT2D eigenvalue weighted by Crippen LogP contribution is -2.63. The number of rotatable bonds is 8. The fraction of sp³-hybridized carbons (Fsp3) is 0.238. The molecule has 0 spiro atoms. The summed E-state index contributed by atoms with van der Waals surface area (Å²) in [6, 6.07) is 5.69. The number of alkyl halides is 6. The third-order valence-corrected chi connectivity index (χ3v) is 5.96. The minimum absolute atomic E-state index is 0.102. The van der Waals surface area contributed by atoms with Gasteiger partial charge in [0.2, 0.25) is 0 Å². The number of anilines is 1. The molecule has 3 aromatic heterocycles. The Morgan fingerprint density at radius 2 is 1.65 bits per heavy atom. The van der Waals surface area contributed by atoms with E-state index in [1.807, 2.05) is 0 Å². The fourth-order valence-corrected chi connectivity index (χ4v) is 4.21. The van der Waals surface area contributed by atoms with Crippen LogP contribution in [0.1, 0.15) is 11.3 Å². The average molecular weight is 596 g/mol. The predicted molar refractivity (Wildman–Crippen MR) is 115 cm³/mol. The summed E-state index contributed by atoms with van der Waals surface area (Å²) in [6.45, 7) is -2.51. The number of phosphoric acid groups is 1. The van der Waals surface area contributed by atoms with Gasteiger partial charge in [0, 0.05) is 25.0 Å². The number of phosphoric ester groups is 1. The number of hydrogen-bond acceptors (Lipinski definition) is 9. The zero-order valence-electron chi connectivity index (χ0n) is 19.4. The Hall–Kier alpha value is -3.73. The van der Waals surface area contributed by atoms with Crippen molar-refractivity contribution < 1.29 is 54.0 Å². The number of nitrogens with one attached hydrogen (secondary N) is 1. The first-order chi connectivity index (χ1) is 18.5. The molecular weight excluding hydrogens is 583 g/mol. The Morgan fingerprint density at radius 1 is 0.975 bits per heavy atom. The van der Waals surface area contributed by atoms with Gasteiger partial charge in [-0.1, -0.05) is 18.2 Å². The van der Waals surface area contributed by atoms with Crippen molar-refractivity contribution in [2.75, 3.05) is 11.9 Å².